The third-order valence-electron chi connectivity index (χ3n) is 1.78. The van der Waals surface area contributed by atoms with E-state index < -0.39 is 16.8 Å². The van der Waals surface area contributed by atoms with Crippen molar-refractivity contribution in [2.75, 3.05) is 7.11 Å². The molecule has 0 amide bonds. The van der Waals surface area contributed by atoms with Gasteiger partial charge in [-0.15, -0.1) is 0 Å². The van der Waals surface area contributed by atoms with E-state index in [1.165, 1.54) is 12.5 Å². The van der Waals surface area contributed by atoms with E-state index in [2.05, 4.69) is 4.74 Å². The summed E-state index contributed by atoms with van der Waals surface area (Å²) in [7, 11) is -0.0160. The molecular weight excluding hydrogens is 212 g/mol. The van der Waals surface area contributed by atoms with Crippen LogP contribution in [0.1, 0.15) is 5.56 Å². The van der Waals surface area contributed by atoms with Gasteiger partial charge < -0.3 is 4.74 Å². The van der Waals surface area contributed by atoms with Crippen LogP contribution in [-0.4, -0.2) is 17.3 Å². The number of methoxy groups -OCH3 is 1. The molecule has 0 aliphatic heterocycles. The minimum Gasteiger partial charge on any atom is -0.466 e. The molecule has 0 aliphatic rings. The van der Waals surface area contributed by atoms with Gasteiger partial charge >= 0.3 is 5.97 Å². The van der Waals surface area contributed by atoms with Crippen LogP contribution < -0.4 is 0 Å². The fourth-order valence-electron chi connectivity index (χ4n) is 0.936. The molecule has 0 radical (unpaired) electrons. The minimum absolute atomic E-state index is 0.504. The topological polar surface area (TPSA) is 43.4 Å². The van der Waals surface area contributed by atoms with Crippen molar-refractivity contribution in [3.63, 3.8) is 0 Å². The summed E-state index contributed by atoms with van der Waals surface area (Å²) >= 11 is 0. The lowest BCUT2D eigenvalue weighted by Gasteiger charge is -1.97. The molecule has 0 saturated heterocycles. The van der Waals surface area contributed by atoms with Crippen molar-refractivity contribution in [2.45, 2.75) is 11.8 Å². The monoisotopic (exact) mass is 224 g/mol. The Morgan fingerprint density at radius 3 is 2.47 bits per heavy atom. The first-order chi connectivity index (χ1) is 7.13. The Morgan fingerprint density at radius 2 is 1.93 bits per heavy atom. The average Bonchev–Trinajstić information content (AvgIpc) is 2.26. The second-order valence-corrected chi connectivity index (χ2v) is 4.27. The van der Waals surface area contributed by atoms with Crippen LogP contribution in [0.15, 0.2) is 40.6 Å². The summed E-state index contributed by atoms with van der Waals surface area (Å²) in [5.74, 6) is -0.504. The highest BCUT2D eigenvalue weighted by Crippen LogP contribution is 2.09. The Balaban J connectivity index is 2.73. The van der Waals surface area contributed by atoms with E-state index in [-0.39, 0.29) is 0 Å². The Labute approximate surface area is 91.2 Å². The van der Waals surface area contributed by atoms with Crippen LogP contribution in [0, 0.1) is 6.92 Å². The second-order valence-electron chi connectivity index (χ2n) is 2.94. The smallest absolute Gasteiger partial charge is 0.331 e. The number of benzene rings is 1. The highest BCUT2D eigenvalue weighted by molar-refractivity contribution is 7.88. The van der Waals surface area contributed by atoms with Crippen molar-refractivity contribution in [1.82, 2.24) is 0 Å². The first kappa shape index (κ1) is 11.7. The van der Waals surface area contributed by atoms with E-state index in [9.17, 15) is 9.00 Å². The van der Waals surface area contributed by atoms with E-state index in [4.69, 9.17) is 0 Å². The van der Waals surface area contributed by atoms with Crippen molar-refractivity contribution in [1.29, 1.82) is 0 Å². The summed E-state index contributed by atoms with van der Waals surface area (Å²) in [6.45, 7) is 1.96. The number of esters is 1. The molecule has 0 spiro atoms. The molecule has 1 aromatic rings. The SMILES string of the molecule is COC(=O)C=C[S@@](=O)c1ccc(C)cc1. The summed E-state index contributed by atoms with van der Waals surface area (Å²) in [4.78, 5) is 11.4. The van der Waals surface area contributed by atoms with Crippen molar-refractivity contribution in [3.05, 3.63) is 41.3 Å². The fourth-order valence-corrected chi connectivity index (χ4v) is 1.73. The molecule has 0 bridgehead atoms. The zero-order valence-electron chi connectivity index (χ0n) is 8.60. The molecule has 0 unspecified atom stereocenters. The van der Waals surface area contributed by atoms with Crippen molar-refractivity contribution >= 4 is 16.8 Å². The lowest BCUT2D eigenvalue weighted by molar-refractivity contribution is -0.134. The molecule has 0 saturated carbocycles. The Bertz CT molecular complexity index is 393. The zero-order valence-corrected chi connectivity index (χ0v) is 9.41. The van der Waals surface area contributed by atoms with Crippen molar-refractivity contribution in [3.8, 4) is 0 Å². The van der Waals surface area contributed by atoms with Crippen LogP contribution in [0.25, 0.3) is 0 Å². The lowest BCUT2D eigenvalue weighted by Crippen LogP contribution is -1.95. The van der Waals surface area contributed by atoms with Crippen LogP contribution in [0.5, 0.6) is 0 Å². The molecule has 0 aliphatic carbocycles. The molecular formula is C11H12O3S. The summed E-state index contributed by atoms with van der Waals surface area (Å²) in [6.07, 6.45) is 1.16. The summed E-state index contributed by atoms with van der Waals surface area (Å²) in [5, 5.41) is 1.32. The Hall–Kier alpha value is -1.42. The van der Waals surface area contributed by atoms with Gasteiger partial charge in [-0.1, -0.05) is 17.7 Å². The first-order valence-electron chi connectivity index (χ1n) is 4.37. The van der Waals surface area contributed by atoms with E-state index in [1.807, 2.05) is 19.1 Å². The van der Waals surface area contributed by atoms with E-state index in [0.717, 1.165) is 11.6 Å². The molecule has 3 nitrogen and oxygen atoms in total. The predicted octanol–water partition coefficient (Wildman–Crippen LogP) is 1.79. The molecule has 80 valence electrons. The van der Waals surface area contributed by atoms with Gasteiger partial charge in [0.15, 0.2) is 0 Å². The first-order valence-corrected chi connectivity index (χ1v) is 5.58. The van der Waals surface area contributed by atoms with E-state index in [1.54, 1.807) is 12.1 Å². The van der Waals surface area contributed by atoms with Gasteiger partial charge in [-0.2, -0.15) is 0 Å². The van der Waals surface area contributed by atoms with E-state index >= 15 is 0 Å². The molecule has 0 aromatic heterocycles. The second kappa shape index (κ2) is 5.46. The van der Waals surface area contributed by atoms with Gasteiger partial charge in [0.1, 0.15) is 0 Å². The number of carbonyl (C=O) groups is 1. The van der Waals surface area contributed by atoms with Gasteiger partial charge in [-0.3, -0.25) is 0 Å². The summed E-state index contributed by atoms with van der Waals surface area (Å²) in [6, 6.07) is 7.29. The van der Waals surface area contributed by atoms with Gasteiger partial charge in [0.25, 0.3) is 0 Å². The van der Waals surface area contributed by atoms with Crippen LogP contribution in [0.4, 0.5) is 0 Å². The molecule has 1 atom stereocenters. The normalized spacial score (nSPS) is 12.7. The quantitative estimate of drug-likeness (QED) is 0.580. The highest BCUT2D eigenvalue weighted by atomic mass is 32.2. The number of hydrogen-bond acceptors (Lipinski definition) is 3. The summed E-state index contributed by atoms with van der Waals surface area (Å²) in [5.41, 5.74) is 1.10. The van der Waals surface area contributed by atoms with Gasteiger partial charge in [-0.25, -0.2) is 9.00 Å². The van der Waals surface area contributed by atoms with Crippen LogP contribution in [0.3, 0.4) is 0 Å². The third kappa shape index (κ3) is 3.67. The number of carbonyl (C=O) groups excluding carboxylic acids is 1. The predicted molar refractivity (Wildman–Crippen MR) is 58.7 cm³/mol. The van der Waals surface area contributed by atoms with Crippen LogP contribution >= 0.6 is 0 Å². The molecule has 1 aromatic carbocycles. The highest BCUT2D eigenvalue weighted by Gasteiger charge is 2.00. The fraction of sp³-hybridized carbons (Fsp3) is 0.182. The van der Waals surface area contributed by atoms with Gasteiger partial charge in [0.05, 0.1) is 17.9 Å². The number of ether oxygens (including phenoxy) is 1. The van der Waals surface area contributed by atoms with Crippen LogP contribution in [0.2, 0.25) is 0 Å². The Kier molecular flexibility index (Phi) is 4.24. The number of hydrogen-bond donors (Lipinski definition) is 0. The molecule has 0 heterocycles. The zero-order chi connectivity index (χ0) is 11.3. The molecule has 0 N–H and O–H groups in total. The number of rotatable bonds is 3. The van der Waals surface area contributed by atoms with Gasteiger partial charge in [-0.05, 0) is 19.1 Å². The van der Waals surface area contributed by atoms with Crippen molar-refractivity contribution < 1.29 is 13.7 Å². The average molecular weight is 224 g/mol. The molecule has 0 fully saturated rings. The lowest BCUT2D eigenvalue weighted by atomic mass is 10.2. The largest absolute Gasteiger partial charge is 0.466 e. The van der Waals surface area contributed by atoms with Gasteiger partial charge in [0, 0.05) is 16.4 Å². The maximum absolute atomic E-state index is 11.6. The maximum Gasteiger partial charge on any atom is 0.331 e. The third-order valence-corrected chi connectivity index (χ3v) is 2.90. The molecule has 4 heteroatoms. The van der Waals surface area contributed by atoms with Gasteiger partial charge in [0.2, 0.25) is 0 Å². The maximum atomic E-state index is 11.6. The molecule has 1 rings (SSSR count). The Morgan fingerprint density at radius 1 is 1.33 bits per heavy atom. The van der Waals surface area contributed by atoms with Crippen LogP contribution in [-0.2, 0) is 20.3 Å². The minimum atomic E-state index is -1.30. The van der Waals surface area contributed by atoms with E-state index in [0.29, 0.717) is 4.90 Å². The molecule has 15 heavy (non-hydrogen) atoms. The standard InChI is InChI=1S/C11H12O3S/c1-9-3-5-10(6-4-9)15(13)8-7-11(12)14-2/h3-8H,1-2H3/t15-/m1/s1. The number of aryl methyl sites for hydroxylation is 1. The summed E-state index contributed by atoms with van der Waals surface area (Å²) < 4.78 is 16.0. The van der Waals surface area contributed by atoms with Crippen molar-refractivity contribution in [2.24, 2.45) is 0 Å².